The average molecular weight is 187 g/mol. The minimum Gasteiger partial charge on any atom is -0.256 e. The molecule has 0 spiro atoms. The van der Waals surface area contributed by atoms with Crippen LogP contribution in [0.15, 0.2) is 31.5 Å². The fraction of sp³-hybridized carbons (Fsp3) is 0.308. The molecule has 0 unspecified atom stereocenters. The molecule has 1 aromatic heterocycles. The summed E-state index contributed by atoms with van der Waals surface area (Å²) in [5.41, 5.74) is 4.19. The summed E-state index contributed by atoms with van der Waals surface area (Å²) in [5, 5.41) is 0. The molecular formula is C13H17N. The quantitative estimate of drug-likeness (QED) is 0.701. The monoisotopic (exact) mass is 187 g/mol. The van der Waals surface area contributed by atoms with Crippen LogP contribution in [0.4, 0.5) is 0 Å². The lowest BCUT2D eigenvalue weighted by Gasteiger charge is -2.13. The summed E-state index contributed by atoms with van der Waals surface area (Å²) in [6, 6.07) is 3.97. The molecule has 1 rings (SSSR count). The van der Waals surface area contributed by atoms with E-state index in [0.29, 0.717) is 5.92 Å². The first-order valence-electron chi connectivity index (χ1n) is 4.84. The van der Waals surface area contributed by atoms with Crippen molar-refractivity contribution in [2.45, 2.75) is 20.8 Å². The SMILES string of the molecule is C=C(C)c1cccnc1C(=C)C(C)C. The van der Waals surface area contributed by atoms with E-state index in [1.165, 1.54) is 0 Å². The summed E-state index contributed by atoms with van der Waals surface area (Å²) >= 11 is 0. The van der Waals surface area contributed by atoms with Gasteiger partial charge in [0, 0.05) is 11.8 Å². The molecule has 0 N–H and O–H groups in total. The smallest absolute Gasteiger partial charge is 0.0733 e. The third-order valence-electron chi connectivity index (χ3n) is 2.27. The molecule has 0 aliphatic rings. The van der Waals surface area contributed by atoms with Gasteiger partial charge in [0.15, 0.2) is 0 Å². The van der Waals surface area contributed by atoms with Gasteiger partial charge >= 0.3 is 0 Å². The predicted molar refractivity (Wildman–Crippen MR) is 62.8 cm³/mol. The molecule has 1 heterocycles. The summed E-state index contributed by atoms with van der Waals surface area (Å²) < 4.78 is 0. The number of hydrogen-bond acceptors (Lipinski definition) is 1. The van der Waals surface area contributed by atoms with Crippen molar-refractivity contribution in [1.29, 1.82) is 0 Å². The molecule has 0 radical (unpaired) electrons. The number of rotatable bonds is 3. The second kappa shape index (κ2) is 4.23. The third kappa shape index (κ3) is 2.11. The van der Waals surface area contributed by atoms with Gasteiger partial charge in [0.1, 0.15) is 0 Å². The normalized spacial score (nSPS) is 10.3. The molecule has 14 heavy (non-hydrogen) atoms. The highest BCUT2D eigenvalue weighted by molar-refractivity contribution is 5.75. The first kappa shape index (κ1) is 10.7. The maximum atomic E-state index is 4.36. The van der Waals surface area contributed by atoms with Crippen LogP contribution in [0.3, 0.4) is 0 Å². The topological polar surface area (TPSA) is 12.9 Å². The van der Waals surface area contributed by atoms with Crippen LogP contribution in [-0.4, -0.2) is 4.98 Å². The van der Waals surface area contributed by atoms with Gasteiger partial charge in [0.25, 0.3) is 0 Å². The summed E-state index contributed by atoms with van der Waals surface area (Å²) in [6.45, 7) is 14.3. The Morgan fingerprint density at radius 3 is 2.50 bits per heavy atom. The molecule has 1 nitrogen and oxygen atoms in total. The van der Waals surface area contributed by atoms with E-state index in [9.17, 15) is 0 Å². The van der Waals surface area contributed by atoms with E-state index in [1.54, 1.807) is 6.20 Å². The van der Waals surface area contributed by atoms with Gasteiger partial charge < -0.3 is 0 Å². The predicted octanol–water partition coefficient (Wildman–Crippen LogP) is 3.78. The number of nitrogens with zero attached hydrogens (tertiary/aromatic N) is 1. The van der Waals surface area contributed by atoms with Crippen molar-refractivity contribution >= 4 is 11.1 Å². The first-order chi connectivity index (χ1) is 6.54. The highest BCUT2D eigenvalue weighted by atomic mass is 14.7. The molecule has 0 bridgehead atoms. The largest absolute Gasteiger partial charge is 0.256 e. The molecule has 74 valence electrons. The summed E-state index contributed by atoms with van der Waals surface area (Å²) in [4.78, 5) is 4.36. The van der Waals surface area contributed by atoms with Crippen LogP contribution in [0.1, 0.15) is 32.0 Å². The Hall–Kier alpha value is -1.37. The lowest BCUT2D eigenvalue weighted by molar-refractivity contribution is 0.850. The van der Waals surface area contributed by atoms with Gasteiger partial charge in [-0.05, 0) is 30.1 Å². The Balaban J connectivity index is 3.20. The first-order valence-corrected chi connectivity index (χ1v) is 4.84. The number of hydrogen-bond donors (Lipinski definition) is 0. The van der Waals surface area contributed by atoms with Crippen molar-refractivity contribution in [2.24, 2.45) is 5.92 Å². The second-order valence-electron chi connectivity index (χ2n) is 3.86. The van der Waals surface area contributed by atoms with E-state index < -0.39 is 0 Å². The maximum absolute atomic E-state index is 4.36. The molecular weight excluding hydrogens is 170 g/mol. The Morgan fingerprint density at radius 1 is 1.36 bits per heavy atom. The van der Waals surface area contributed by atoms with Crippen LogP contribution < -0.4 is 0 Å². The lowest BCUT2D eigenvalue weighted by atomic mass is 9.95. The molecule has 0 saturated carbocycles. The fourth-order valence-electron chi connectivity index (χ4n) is 1.28. The van der Waals surface area contributed by atoms with Gasteiger partial charge in [-0.25, -0.2) is 0 Å². The van der Waals surface area contributed by atoms with E-state index >= 15 is 0 Å². The molecule has 0 atom stereocenters. The van der Waals surface area contributed by atoms with E-state index in [4.69, 9.17) is 0 Å². The highest BCUT2D eigenvalue weighted by Gasteiger charge is 2.10. The minimum absolute atomic E-state index is 0.419. The van der Waals surface area contributed by atoms with Gasteiger partial charge in [-0.15, -0.1) is 0 Å². The standard InChI is InChI=1S/C13H17N/c1-9(2)11(5)13-12(10(3)4)7-6-8-14-13/h6-9H,3,5H2,1-2,4H3. The van der Waals surface area contributed by atoms with E-state index in [1.807, 2.05) is 19.1 Å². The van der Waals surface area contributed by atoms with Crippen LogP contribution >= 0.6 is 0 Å². The third-order valence-corrected chi connectivity index (χ3v) is 2.27. The molecule has 0 aliphatic heterocycles. The Labute approximate surface area is 86.2 Å². The van der Waals surface area contributed by atoms with Crippen molar-refractivity contribution in [1.82, 2.24) is 4.98 Å². The molecule has 0 aliphatic carbocycles. The van der Waals surface area contributed by atoms with Gasteiger partial charge in [0.05, 0.1) is 5.69 Å². The summed E-state index contributed by atoms with van der Waals surface area (Å²) in [7, 11) is 0. The van der Waals surface area contributed by atoms with Crippen molar-refractivity contribution in [2.75, 3.05) is 0 Å². The van der Waals surface area contributed by atoms with Gasteiger partial charge in [0.2, 0.25) is 0 Å². The van der Waals surface area contributed by atoms with Crippen LogP contribution in [0, 0.1) is 5.92 Å². The van der Waals surface area contributed by atoms with Gasteiger partial charge in [-0.1, -0.05) is 33.1 Å². The van der Waals surface area contributed by atoms with Crippen LogP contribution in [-0.2, 0) is 0 Å². The van der Waals surface area contributed by atoms with Crippen LogP contribution in [0.2, 0.25) is 0 Å². The number of aromatic nitrogens is 1. The Morgan fingerprint density at radius 2 is 2.00 bits per heavy atom. The van der Waals surface area contributed by atoms with E-state index in [0.717, 1.165) is 22.4 Å². The van der Waals surface area contributed by atoms with Crippen molar-refractivity contribution < 1.29 is 0 Å². The van der Waals surface area contributed by atoms with E-state index in [-0.39, 0.29) is 0 Å². The van der Waals surface area contributed by atoms with Crippen LogP contribution in [0.25, 0.3) is 11.1 Å². The minimum atomic E-state index is 0.419. The Bertz CT molecular complexity index is 361. The average Bonchev–Trinajstić information content (AvgIpc) is 2.16. The summed E-state index contributed by atoms with van der Waals surface area (Å²) in [6.07, 6.45) is 1.80. The second-order valence-corrected chi connectivity index (χ2v) is 3.86. The van der Waals surface area contributed by atoms with Crippen molar-refractivity contribution in [3.05, 3.63) is 42.7 Å². The van der Waals surface area contributed by atoms with E-state index in [2.05, 4.69) is 32.0 Å². The number of pyridine rings is 1. The molecule has 1 heteroatoms. The summed E-state index contributed by atoms with van der Waals surface area (Å²) in [5.74, 6) is 0.419. The molecule has 0 amide bonds. The highest BCUT2D eigenvalue weighted by Crippen LogP contribution is 2.25. The van der Waals surface area contributed by atoms with Gasteiger partial charge in [-0.2, -0.15) is 0 Å². The molecule has 1 aromatic rings. The Kier molecular flexibility index (Phi) is 3.23. The zero-order valence-electron chi connectivity index (χ0n) is 9.17. The molecule has 0 aromatic carbocycles. The fourth-order valence-corrected chi connectivity index (χ4v) is 1.28. The van der Waals surface area contributed by atoms with Gasteiger partial charge in [-0.3, -0.25) is 4.98 Å². The maximum Gasteiger partial charge on any atom is 0.0733 e. The zero-order valence-corrected chi connectivity index (χ0v) is 9.17. The lowest BCUT2D eigenvalue weighted by Crippen LogP contribution is -1.99. The molecule has 0 saturated heterocycles. The van der Waals surface area contributed by atoms with Crippen molar-refractivity contribution in [3.63, 3.8) is 0 Å². The zero-order chi connectivity index (χ0) is 10.7. The number of allylic oxidation sites excluding steroid dienone is 2. The van der Waals surface area contributed by atoms with Crippen LogP contribution in [0.5, 0.6) is 0 Å². The van der Waals surface area contributed by atoms with Crippen molar-refractivity contribution in [3.8, 4) is 0 Å². The molecule has 0 fully saturated rings.